The second-order valence-corrected chi connectivity index (χ2v) is 12.6. The van der Waals surface area contributed by atoms with Gasteiger partial charge in [-0.25, -0.2) is 0 Å². The zero-order chi connectivity index (χ0) is 26.6. The second kappa shape index (κ2) is 15.7. The third-order valence-corrected chi connectivity index (χ3v) is 7.39. The summed E-state index contributed by atoms with van der Waals surface area (Å²) in [6.45, 7) is 25.3. The van der Waals surface area contributed by atoms with Crippen LogP contribution in [0.4, 0.5) is 0 Å². The van der Waals surface area contributed by atoms with Gasteiger partial charge in [-0.3, -0.25) is 9.59 Å². The highest BCUT2D eigenvalue weighted by Gasteiger charge is 2.28. The van der Waals surface area contributed by atoms with Crippen LogP contribution in [0.2, 0.25) is 0 Å². The van der Waals surface area contributed by atoms with Gasteiger partial charge in [-0.2, -0.15) is 0 Å². The molecular weight excluding hydrogens is 420 g/mol. The molecule has 3 heteroatoms. The summed E-state index contributed by atoms with van der Waals surface area (Å²) in [6.07, 6.45) is 9.99. The first-order valence-electron chi connectivity index (χ1n) is 13.5. The molecule has 0 heterocycles. The van der Waals surface area contributed by atoms with Gasteiger partial charge >= 0.3 is 0 Å². The monoisotopic (exact) mass is 476 g/mol. The molecule has 0 bridgehead atoms. The van der Waals surface area contributed by atoms with Gasteiger partial charge in [-0.1, -0.05) is 66.2 Å². The molecule has 198 valence electrons. The summed E-state index contributed by atoms with van der Waals surface area (Å²) in [5.74, 6) is 3.94. The number of carbonyl (C=O) groups excluding carboxylic acids is 2. The maximum absolute atomic E-state index is 11.5. The van der Waals surface area contributed by atoms with Gasteiger partial charge in [0.05, 0.1) is 6.10 Å². The van der Waals surface area contributed by atoms with Crippen molar-refractivity contribution in [3.8, 4) is 0 Å². The Morgan fingerprint density at radius 1 is 1.09 bits per heavy atom. The van der Waals surface area contributed by atoms with Crippen molar-refractivity contribution >= 4 is 11.6 Å². The molecule has 1 aliphatic rings. The van der Waals surface area contributed by atoms with E-state index in [2.05, 4.69) is 75.0 Å². The molecule has 1 rings (SSSR count). The fourth-order valence-corrected chi connectivity index (χ4v) is 5.70. The SMILES string of the molecule is C=CC(C)CC(C)C1CC(=O)C[C@H](C)C1.CC(=O)CC(O)CC(C)C(C)CC(C)(C)C=C(C)C. The highest BCUT2D eigenvalue weighted by molar-refractivity contribution is 5.79. The quantitative estimate of drug-likeness (QED) is 0.289. The van der Waals surface area contributed by atoms with Gasteiger partial charge in [-0.05, 0) is 87.4 Å². The summed E-state index contributed by atoms with van der Waals surface area (Å²) >= 11 is 0. The molecule has 0 saturated heterocycles. The van der Waals surface area contributed by atoms with Crippen molar-refractivity contribution in [2.75, 3.05) is 0 Å². The number of carbonyl (C=O) groups is 2. The van der Waals surface area contributed by atoms with Crippen LogP contribution in [0, 0.1) is 40.9 Å². The lowest BCUT2D eigenvalue weighted by Crippen LogP contribution is -2.26. The maximum Gasteiger partial charge on any atom is 0.133 e. The number of hydrogen-bond acceptors (Lipinski definition) is 3. The molecule has 0 aliphatic heterocycles. The average molecular weight is 477 g/mol. The molecule has 6 unspecified atom stereocenters. The molecule has 0 radical (unpaired) electrons. The van der Waals surface area contributed by atoms with E-state index in [1.54, 1.807) is 0 Å². The topological polar surface area (TPSA) is 54.4 Å². The van der Waals surface area contributed by atoms with Gasteiger partial charge in [0, 0.05) is 19.3 Å². The third-order valence-electron chi connectivity index (χ3n) is 7.39. The van der Waals surface area contributed by atoms with Crippen LogP contribution < -0.4 is 0 Å². The molecular formula is C31H56O3. The Bertz CT molecular complexity index is 656. The number of aliphatic hydroxyl groups is 1. The molecule has 1 N–H and O–H groups in total. The van der Waals surface area contributed by atoms with Crippen molar-refractivity contribution in [1.29, 1.82) is 0 Å². The van der Waals surface area contributed by atoms with Crippen molar-refractivity contribution in [2.45, 2.75) is 120 Å². The third kappa shape index (κ3) is 14.9. The predicted molar refractivity (Wildman–Crippen MR) is 147 cm³/mol. The average Bonchev–Trinajstić information content (AvgIpc) is 2.65. The van der Waals surface area contributed by atoms with E-state index < -0.39 is 6.10 Å². The summed E-state index contributed by atoms with van der Waals surface area (Å²) in [7, 11) is 0. The molecule has 0 aromatic rings. The van der Waals surface area contributed by atoms with Crippen LogP contribution >= 0.6 is 0 Å². The lowest BCUT2D eigenvalue weighted by molar-refractivity contribution is -0.123. The van der Waals surface area contributed by atoms with Gasteiger partial charge in [0.15, 0.2) is 0 Å². The van der Waals surface area contributed by atoms with E-state index in [-0.39, 0.29) is 17.6 Å². The van der Waals surface area contributed by atoms with Gasteiger partial charge in [-0.15, -0.1) is 6.58 Å². The summed E-state index contributed by atoms with van der Waals surface area (Å²) in [5.41, 5.74) is 1.54. The Hall–Kier alpha value is -1.22. The summed E-state index contributed by atoms with van der Waals surface area (Å²) in [6, 6.07) is 0. The van der Waals surface area contributed by atoms with E-state index in [1.807, 2.05) is 6.08 Å². The Balaban J connectivity index is 0.000000657. The van der Waals surface area contributed by atoms with E-state index >= 15 is 0 Å². The highest BCUT2D eigenvalue weighted by atomic mass is 16.3. The maximum atomic E-state index is 11.5. The normalized spacial score (nSPS) is 23.0. The first-order valence-corrected chi connectivity index (χ1v) is 13.5. The zero-order valence-electron chi connectivity index (χ0n) is 24.1. The fraction of sp³-hybridized carbons (Fsp3) is 0.806. The van der Waals surface area contributed by atoms with Crippen LogP contribution in [0.1, 0.15) is 114 Å². The molecule has 0 aromatic heterocycles. The van der Waals surface area contributed by atoms with Crippen LogP contribution in [-0.4, -0.2) is 22.8 Å². The number of hydrogen-bond donors (Lipinski definition) is 1. The lowest BCUT2D eigenvalue weighted by Gasteiger charge is -2.31. The largest absolute Gasteiger partial charge is 0.393 e. The Labute approximate surface area is 211 Å². The van der Waals surface area contributed by atoms with Crippen LogP contribution in [0.15, 0.2) is 24.3 Å². The number of aliphatic hydroxyl groups excluding tert-OH is 1. The number of Topliss-reactive ketones (excluding diaryl/α,β-unsaturated/α-hetero) is 2. The number of allylic oxidation sites excluding steroid dienone is 3. The van der Waals surface area contributed by atoms with Crippen LogP contribution in [0.3, 0.4) is 0 Å². The van der Waals surface area contributed by atoms with Crippen molar-refractivity contribution in [1.82, 2.24) is 0 Å². The van der Waals surface area contributed by atoms with E-state index in [1.165, 1.54) is 25.3 Å². The molecule has 0 spiro atoms. The zero-order valence-corrected chi connectivity index (χ0v) is 24.1. The second-order valence-electron chi connectivity index (χ2n) is 12.6. The number of rotatable bonds is 12. The smallest absolute Gasteiger partial charge is 0.133 e. The summed E-state index contributed by atoms with van der Waals surface area (Å²) < 4.78 is 0. The Morgan fingerprint density at radius 2 is 1.68 bits per heavy atom. The van der Waals surface area contributed by atoms with Crippen molar-refractivity contribution in [3.05, 3.63) is 24.3 Å². The predicted octanol–water partition coefficient (Wildman–Crippen LogP) is 8.21. The first kappa shape index (κ1) is 32.8. The van der Waals surface area contributed by atoms with E-state index in [9.17, 15) is 14.7 Å². The molecule has 3 nitrogen and oxygen atoms in total. The Kier molecular flexibility index (Phi) is 15.1. The van der Waals surface area contributed by atoms with Crippen molar-refractivity contribution in [3.63, 3.8) is 0 Å². The molecule has 34 heavy (non-hydrogen) atoms. The van der Waals surface area contributed by atoms with Gasteiger partial charge < -0.3 is 5.11 Å². The van der Waals surface area contributed by atoms with Crippen molar-refractivity contribution < 1.29 is 14.7 Å². The Morgan fingerprint density at radius 3 is 2.15 bits per heavy atom. The van der Waals surface area contributed by atoms with E-state index in [0.29, 0.717) is 47.7 Å². The minimum Gasteiger partial charge on any atom is -0.393 e. The van der Waals surface area contributed by atoms with Gasteiger partial charge in [0.1, 0.15) is 11.6 Å². The van der Waals surface area contributed by atoms with E-state index in [4.69, 9.17) is 0 Å². The first-order chi connectivity index (χ1) is 15.6. The number of ketones is 2. The minimum absolute atomic E-state index is 0.0669. The lowest BCUT2D eigenvalue weighted by atomic mass is 9.73. The van der Waals surface area contributed by atoms with Crippen LogP contribution in [-0.2, 0) is 9.59 Å². The highest BCUT2D eigenvalue weighted by Crippen LogP contribution is 2.35. The van der Waals surface area contributed by atoms with Crippen LogP contribution in [0.25, 0.3) is 0 Å². The van der Waals surface area contributed by atoms with E-state index in [0.717, 1.165) is 19.3 Å². The summed E-state index contributed by atoms with van der Waals surface area (Å²) in [5, 5.41) is 9.85. The summed E-state index contributed by atoms with van der Waals surface area (Å²) in [4.78, 5) is 22.5. The fourth-order valence-electron chi connectivity index (χ4n) is 5.70. The van der Waals surface area contributed by atoms with Crippen LogP contribution in [0.5, 0.6) is 0 Å². The minimum atomic E-state index is -0.485. The molecule has 0 amide bonds. The standard InChI is InChI=1S/C17H32O2.C14H24O/c1-12(2)10-17(6,7)11-14(4)13(3)8-16(19)9-15(5)18;1-5-10(2)6-12(4)13-7-11(3)8-14(15)9-13/h10,13-14,16,19H,8-9,11H2,1-7H3;5,10-13H,1,6-9H2,2-4H3/t;10?,11-,12?,13?/m.1/s1. The molecule has 1 aliphatic carbocycles. The molecule has 1 fully saturated rings. The molecule has 7 atom stereocenters. The molecule has 0 aromatic carbocycles. The van der Waals surface area contributed by atoms with Gasteiger partial charge in [0.25, 0.3) is 0 Å². The van der Waals surface area contributed by atoms with Gasteiger partial charge in [0.2, 0.25) is 0 Å². The van der Waals surface area contributed by atoms with Crippen molar-refractivity contribution in [2.24, 2.45) is 40.9 Å². The molecule has 1 saturated carbocycles.